The number of pyridine rings is 1. The van der Waals surface area contributed by atoms with Crippen molar-refractivity contribution in [2.75, 3.05) is 16.4 Å². The molecule has 0 radical (unpaired) electrons. The van der Waals surface area contributed by atoms with Gasteiger partial charge in [-0.15, -0.1) is 0 Å². The van der Waals surface area contributed by atoms with Crippen molar-refractivity contribution in [2.24, 2.45) is 0 Å². The van der Waals surface area contributed by atoms with Crippen LogP contribution in [-0.4, -0.2) is 21.0 Å². The van der Waals surface area contributed by atoms with Gasteiger partial charge in [0.05, 0.1) is 34.4 Å². The minimum Gasteiger partial charge on any atom is -0.424 e. The zero-order valence-electron chi connectivity index (χ0n) is 21.9. The first kappa shape index (κ1) is 28.4. The van der Waals surface area contributed by atoms with Gasteiger partial charge in [-0.05, 0) is 53.9 Å². The maximum atomic E-state index is 13.4. The Morgan fingerprint density at radius 1 is 0.857 bits per heavy atom. The van der Waals surface area contributed by atoms with Crippen molar-refractivity contribution >= 4 is 34.8 Å². The summed E-state index contributed by atoms with van der Waals surface area (Å²) in [5.41, 5.74) is 8.67. The van der Waals surface area contributed by atoms with Crippen LogP contribution in [-0.2, 0) is 6.18 Å². The van der Waals surface area contributed by atoms with Crippen molar-refractivity contribution in [3.8, 4) is 34.0 Å². The summed E-state index contributed by atoms with van der Waals surface area (Å²) in [6, 6.07) is 18.3. The molecule has 42 heavy (non-hydrogen) atoms. The number of hydrogen-bond acceptors (Lipinski definition) is 6. The van der Waals surface area contributed by atoms with Crippen molar-refractivity contribution < 1.29 is 22.7 Å². The summed E-state index contributed by atoms with van der Waals surface area (Å²) in [6.07, 6.45) is -0.501. The largest absolute Gasteiger partial charge is 0.424 e. The van der Waals surface area contributed by atoms with Crippen molar-refractivity contribution in [3.63, 3.8) is 0 Å². The molecule has 0 aliphatic heterocycles. The Labute approximate surface area is 243 Å². The molecular weight excluding hydrogens is 569 g/mol. The van der Waals surface area contributed by atoms with Gasteiger partial charge in [0.2, 0.25) is 0 Å². The fraction of sp³-hybridized carbons (Fsp3) is 0.0667. The Morgan fingerprint density at radius 2 is 1.57 bits per heavy atom. The summed E-state index contributed by atoms with van der Waals surface area (Å²) in [5.74, 6) is 0.780. The molecule has 8 nitrogen and oxygen atoms in total. The van der Waals surface area contributed by atoms with E-state index < -0.39 is 17.8 Å². The van der Waals surface area contributed by atoms with Gasteiger partial charge in [0.15, 0.2) is 0 Å². The Morgan fingerprint density at radius 3 is 2.26 bits per heavy atom. The van der Waals surface area contributed by atoms with E-state index in [1.165, 1.54) is 24.7 Å². The highest BCUT2D eigenvalue weighted by Crippen LogP contribution is 2.37. The van der Waals surface area contributed by atoms with Crippen LogP contribution in [0.1, 0.15) is 11.1 Å². The average molecular weight is 591 g/mol. The molecule has 0 atom stereocenters. The lowest BCUT2D eigenvalue weighted by atomic mass is 9.97. The number of aromatic nitrogens is 3. The van der Waals surface area contributed by atoms with Crippen molar-refractivity contribution in [3.05, 3.63) is 108 Å². The number of ether oxygens (including phenoxy) is 1. The molecule has 0 aliphatic carbocycles. The van der Waals surface area contributed by atoms with E-state index in [4.69, 9.17) is 22.1 Å². The molecule has 0 bridgehead atoms. The SMILES string of the molecule is Cc1ccccc1-c1ccc(C(F)(F)F)cc1NC(=O)Nc1cnc(Oc2ccc(-c3cc(Cl)cnc3N)cc2)nc1. The number of hydrogen-bond donors (Lipinski definition) is 3. The van der Waals surface area contributed by atoms with E-state index in [1.54, 1.807) is 42.5 Å². The Bertz CT molecular complexity index is 1750. The standard InChI is InChI=1S/C30H22ClF3N6O2/c1-17-4-2-3-5-23(17)24-11-8-19(30(32,33)34)12-26(24)40-28(41)39-21-15-37-29(38-16-21)42-22-9-6-18(7-10-22)25-13-20(31)14-36-27(25)35/h2-16H,1H3,(H2,35,36)(H2,39,40,41). The number of amides is 2. The van der Waals surface area contributed by atoms with E-state index in [0.717, 1.165) is 23.3 Å². The maximum absolute atomic E-state index is 13.4. The highest BCUT2D eigenvalue weighted by molar-refractivity contribution is 6.30. The lowest BCUT2D eigenvalue weighted by Gasteiger charge is -2.16. The molecule has 12 heteroatoms. The van der Waals surface area contributed by atoms with Gasteiger partial charge in [-0.1, -0.05) is 54.1 Å². The van der Waals surface area contributed by atoms with Gasteiger partial charge in [0.1, 0.15) is 11.6 Å². The van der Waals surface area contributed by atoms with E-state index in [9.17, 15) is 18.0 Å². The molecule has 0 spiro atoms. The number of nitrogen functional groups attached to an aromatic ring is 1. The number of carbonyl (C=O) groups is 1. The van der Waals surface area contributed by atoms with Gasteiger partial charge < -0.3 is 21.1 Å². The molecule has 0 saturated carbocycles. The highest BCUT2D eigenvalue weighted by atomic mass is 35.5. The maximum Gasteiger partial charge on any atom is 0.416 e. The van der Waals surface area contributed by atoms with Crippen LogP contribution in [0.2, 0.25) is 5.02 Å². The third-order valence-corrected chi connectivity index (χ3v) is 6.38. The summed E-state index contributed by atoms with van der Waals surface area (Å²) in [6.45, 7) is 1.83. The summed E-state index contributed by atoms with van der Waals surface area (Å²) >= 11 is 6.02. The predicted octanol–water partition coefficient (Wildman–Crippen LogP) is 8.20. The van der Waals surface area contributed by atoms with Gasteiger partial charge >= 0.3 is 18.2 Å². The number of aryl methyl sites for hydroxylation is 1. The van der Waals surface area contributed by atoms with Gasteiger partial charge in [-0.2, -0.15) is 13.2 Å². The third-order valence-electron chi connectivity index (χ3n) is 6.18. The van der Waals surface area contributed by atoms with Crippen molar-refractivity contribution in [2.45, 2.75) is 13.1 Å². The van der Waals surface area contributed by atoms with Crippen LogP contribution in [0.4, 0.5) is 35.2 Å². The topological polar surface area (TPSA) is 115 Å². The second kappa shape index (κ2) is 11.8. The van der Waals surface area contributed by atoms with Crippen molar-refractivity contribution in [1.82, 2.24) is 15.0 Å². The Hall–Kier alpha value is -5.16. The summed E-state index contributed by atoms with van der Waals surface area (Å²) in [4.78, 5) is 25.0. The molecule has 0 unspecified atom stereocenters. The summed E-state index contributed by atoms with van der Waals surface area (Å²) in [5, 5.41) is 5.50. The number of halogens is 4. The first-order chi connectivity index (χ1) is 20.1. The number of anilines is 3. The molecule has 5 aromatic rings. The van der Waals surface area contributed by atoms with Crippen molar-refractivity contribution in [1.29, 1.82) is 0 Å². The Balaban J connectivity index is 1.27. The number of carbonyl (C=O) groups excluding carboxylic acids is 1. The van der Waals surface area contributed by atoms with E-state index >= 15 is 0 Å². The fourth-order valence-corrected chi connectivity index (χ4v) is 4.30. The van der Waals surface area contributed by atoms with E-state index in [2.05, 4.69) is 25.6 Å². The van der Waals surface area contributed by atoms with E-state index in [1.807, 2.05) is 19.1 Å². The van der Waals surface area contributed by atoms with Crippen LogP contribution in [0.25, 0.3) is 22.3 Å². The highest BCUT2D eigenvalue weighted by Gasteiger charge is 2.31. The molecule has 0 aliphatic rings. The summed E-state index contributed by atoms with van der Waals surface area (Å²) < 4.78 is 45.9. The van der Waals surface area contributed by atoms with Crippen LogP contribution in [0.3, 0.4) is 0 Å². The van der Waals surface area contributed by atoms with Gasteiger partial charge in [-0.3, -0.25) is 0 Å². The minimum atomic E-state index is -4.58. The number of urea groups is 1. The third kappa shape index (κ3) is 6.58. The molecule has 4 N–H and O–H groups in total. The molecule has 0 saturated heterocycles. The van der Waals surface area contributed by atoms with Crippen LogP contribution in [0.15, 0.2) is 91.4 Å². The van der Waals surface area contributed by atoms with E-state index in [0.29, 0.717) is 33.3 Å². The zero-order valence-corrected chi connectivity index (χ0v) is 22.7. The fourth-order valence-electron chi connectivity index (χ4n) is 4.14. The molecule has 2 heterocycles. The number of rotatable bonds is 6. The number of nitrogens with zero attached hydrogens (tertiary/aromatic N) is 3. The Kier molecular flexibility index (Phi) is 7.94. The smallest absolute Gasteiger partial charge is 0.416 e. The van der Waals surface area contributed by atoms with Crippen LogP contribution < -0.4 is 21.1 Å². The molecule has 212 valence electrons. The molecule has 2 amide bonds. The van der Waals surface area contributed by atoms with Gasteiger partial charge in [-0.25, -0.2) is 19.7 Å². The lowest BCUT2D eigenvalue weighted by molar-refractivity contribution is -0.137. The average Bonchev–Trinajstić information content (AvgIpc) is 2.96. The predicted molar refractivity (Wildman–Crippen MR) is 155 cm³/mol. The second-order valence-corrected chi connectivity index (χ2v) is 9.56. The molecule has 0 fully saturated rings. The van der Waals surface area contributed by atoms with Crippen LogP contribution >= 0.6 is 11.6 Å². The van der Waals surface area contributed by atoms with Gasteiger partial charge in [0, 0.05) is 17.3 Å². The molecule has 3 aromatic carbocycles. The monoisotopic (exact) mass is 590 g/mol. The number of benzene rings is 3. The summed E-state index contributed by atoms with van der Waals surface area (Å²) in [7, 11) is 0. The molecule has 5 rings (SSSR count). The zero-order chi connectivity index (χ0) is 29.9. The number of alkyl halides is 3. The first-order valence-electron chi connectivity index (χ1n) is 12.4. The minimum absolute atomic E-state index is 0.00347. The molecule has 2 aromatic heterocycles. The van der Waals surface area contributed by atoms with E-state index in [-0.39, 0.29) is 17.4 Å². The first-order valence-corrected chi connectivity index (χ1v) is 12.8. The molecular formula is C30H22ClF3N6O2. The quantitative estimate of drug-likeness (QED) is 0.184. The lowest BCUT2D eigenvalue weighted by Crippen LogP contribution is -2.20. The normalized spacial score (nSPS) is 11.2. The second-order valence-electron chi connectivity index (χ2n) is 9.12. The van der Waals surface area contributed by atoms with Gasteiger partial charge in [0.25, 0.3) is 0 Å². The number of nitrogens with two attached hydrogens (primary N) is 1. The van der Waals surface area contributed by atoms with Crippen LogP contribution in [0.5, 0.6) is 11.8 Å². The number of nitrogens with one attached hydrogen (secondary N) is 2. The van der Waals surface area contributed by atoms with Crippen LogP contribution in [0, 0.1) is 6.92 Å².